The summed E-state index contributed by atoms with van der Waals surface area (Å²) in [5, 5.41) is 0. The molecule has 0 aliphatic carbocycles. The maximum atomic E-state index is 5.08. The molecular weight excluding hydrogens is 252 g/mol. The van der Waals surface area contributed by atoms with Gasteiger partial charge in [-0.25, -0.2) is 0 Å². The maximum absolute atomic E-state index is 5.08. The van der Waals surface area contributed by atoms with Crippen LogP contribution in [-0.2, 0) is 4.74 Å². The van der Waals surface area contributed by atoms with Crippen LogP contribution in [0, 0.1) is 5.92 Å². The van der Waals surface area contributed by atoms with Crippen LogP contribution in [-0.4, -0.2) is 18.1 Å². The van der Waals surface area contributed by atoms with Crippen molar-refractivity contribution in [3.63, 3.8) is 0 Å². The Bertz CT molecular complexity index is 246. The summed E-state index contributed by atoms with van der Waals surface area (Å²) in [4.78, 5) is 0. The molecule has 1 unspecified atom stereocenters. The van der Waals surface area contributed by atoms with Gasteiger partial charge in [0.15, 0.2) is 0 Å². The van der Waals surface area contributed by atoms with Crippen LogP contribution in [0.4, 0.5) is 0 Å². The Labute approximate surface area is 124 Å². The third kappa shape index (κ3) is 15.3. The van der Waals surface area contributed by atoms with Gasteiger partial charge in [-0.1, -0.05) is 37.8 Å². The summed E-state index contributed by atoms with van der Waals surface area (Å²) in [5.74, 6) is 3.08. The third-order valence-electron chi connectivity index (χ3n) is 2.86. The first kappa shape index (κ1) is 18.4. The Kier molecular flexibility index (Phi) is 14.9. The van der Waals surface area contributed by atoms with E-state index in [1.54, 1.807) is 0 Å². The monoisotopic (exact) mass is 282 g/mol. The molecule has 0 aliphatic heterocycles. The predicted octanol–water partition coefficient (Wildman–Crippen LogP) is 5.60. The third-order valence-corrected chi connectivity index (χ3v) is 3.87. The topological polar surface area (TPSA) is 9.23 Å². The van der Waals surface area contributed by atoms with Crippen molar-refractivity contribution in [1.82, 2.24) is 0 Å². The Morgan fingerprint density at radius 1 is 1.21 bits per heavy atom. The lowest BCUT2D eigenvalue weighted by atomic mass is 10.0. The molecule has 0 amide bonds. The molecule has 1 nitrogen and oxygen atoms in total. The van der Waals surface area contributed by atoms with Crippen molar-refractivity contribution < 1.29 is 4.74 Å². The lowest BCUT2D eigenvalue weighted by Gasteiger charge is -2.04. The zero-order valence-corrected chi connectivity index (χ0v) is 13.5. The molecule has 0 radical (unpaired) electrons. The summed E-state index contributed by atoms with van der Waals surface area (Å²) in [6.45, 7) is 8.73. The van der Waals surface area contributed by atoms with Crippen LogP contribution in [0.15, 0.2) is 37.1 Å². The number of hydrogen-bond acceptors (Lipinski definition) is 2. The van der Waals surface area contributed by atoms with E-state index in [2.05, 4.69) is 44.7 Å². The number of unbranched alkanes of at least 4 members (excludes halogenated alkanes) is 2. The number of thioether (sulfide) groups is 1. The molecule has 0 saturated heterocycles. The van der Waals surface area contributed by atoms with E-state index in [9.17, 15) is 0 Å². The fourth-order valence-electron chi connectivity index (χ4n) is 1.73. The van der Waals surface area contributed by atoms with E-state index in [0.717, 1.165) is 18.8 Å². The van der Waals surface area contributed by atoms with Crippen LogP contribution < -0.4 is 0 Å². The van der Waals surface area contributed by atoms with Gasteiger partial charge >= 0.3 is 0 Å². The number of allylic oxidation sites excluding steroid dienone is 3. The van der Waals surface area contributed by atoms with Crippen molar-refractivity contribution in [2.75, 3.05) is 18.1 Å². The Hall–Kier alpha value is -0.630. The molecule has 19 heavy (non-hydrogen) atoms. The first-order valence-corrected chi connectivity index (χ1v) is 8.54. The molecule has 2 heteroatoms. The lowest BCUT2D eigenvalue weighted by molar-refractivity contribution is 0.245. The standard InChI is InChI=1S/C17H30OS/c1-4-6-7-8-12-17(3)13-11-16-19-15-10-9-14-18-5-2/h4-6,11,13,17H,2,7-10,12,14-16H2,1,3H3/b6-4-,13-11+. The van der Waals surface area contributed by atoms with E-state index in [4.69, 9.17) is 4.74 Å². The fourth-order valence-corrected chi connectivity index (χ4v) is 2.55. The molecule has 0 N–H and O–H groups in total. The van der Waals surface area contributed by atoms with Crippen molar-refractivity contribution in [2.45, 2.75) is 46.0 Å². The van der Waals surface area contributed by atoms with Gasteiger partial charge in [0.05, 0.1) is 12.9 Å². The van der Waals surface area contributed by atoms with Crippen LogP contribution in [0.3, 0.4) is 0 Å². The second-order valence-corrected chi connectivity index (χ2v) is 5.87. The molecule has 0 heterocycles. The molecule has 0 rings (SSSR count). The molecule has 0 bridgehead atoms. The summed E-state index contributed by atoms with van der Waals surface area (Å²) >= 11 is 2.01. The quantitative estimate of drug-likeness (QED) is 0.247. The van der Waals surface area contributed by atoms with Gasteiger partial charge in [-0.2, -0.15) is 11.8 Å². The van der Waals surface area contributed by atoms with E-state index in [0.29, 0.717) is 5.92 Å². The van der Waals surface area contributed by atoms with Crippen molar-refractivity contribution >= 4 is 11.8 Å². The highest BCUT2D eigenvalue weighted by Gasteiger charge is 1.95. The van der Waals surface area contributed by atoms with E-state index in [1.807, 2.05) is 11.8 Å². The Morgan fingerprint density at radius 3 is 2.79 bits per heavy atom. The lowest BCUT2D eigenvalue weighted by Crippen LogP contribution is -1.91. The molecule has 1 atom stereocenters. The highest BCUT2D eigenvalue weighted by Crippen LogP contribution is 2.11. The summed E-state index contributed by atoms with van der Waals surface area (Å²) in [5.41, 5.74) is 0. The minimum atomic E-state index is 0.715. The Morgan fingerprint density at radius 2 is 2.05 bits per heavy atom. The summed E-state index contributed by atoms with van der Waals surface area (Å²) < 4.78 is 5.08. The van der Waals surface area contributed by atoms with E-state index in [-0.39, 0.29) is 0 Å². The average molecular weight is 282 g/mol. The van der Waals surface area contributed by atoms with E-state index < -0.39 is 0 Å². The molecule has 0 aromatic rings. The minimum absolute atomic E-state index is 0.715. The number of ether oxygens (including phenoxy) is 1. The molecule has 0 spiro atoms. The predicted molar refractivity (Wildman–Crippen MR) is 89.7 cm³/mol. The highest BCUT2D eigenvalue weighted by atomic mass is 32.2. The summed E-state index contributed by atoms with van der Waals surface area (Å²) in [7, 11) is 0. The average Bonchev–Trinajstić information content (AvgIpc) is 2.42. The minimum Gasteiger partial charge on any atom is -0.502 e. The first-order chi connectivity index (χ1) is 9.31. The summed E-state index contributed by atoms with van der Waals surface area (Å²) in [6.07, 6.45) is 16.8. The molecule has 0 saturated carbocycles. The molecule has 0 aromatic heterocycles. The van der Waals surface area contributed by atoms with Crippen LogP contribution in [0.2, 0.25) is 0 Å². The van der Waals surface area contributed by atoms with Crippen molar-refractivity contribution in [3.8, 4) is 0 Å². The van der Waals surface area contributed by atoms with Crippen molar-refractivity contribution in [1.29, 1.82) is 0 Å². The van der Waals surface area contributed by atoms with E-state index in [1.165, 1.54) is 37.7 Å². The largest absolute Gasteiger partial charge is 0.502 e. The molecule has 110 valence electrons. The van der Waals surface area contributed by atoms with Gasteiger partial charge in [0.2, 0.25) is 0 Å². The molecular formula is C17H30OS. The second-order valence-electron chi connectivity index (χ2n) is 4.72. The zero-order chi connectivity index (χ0) is 14.2. The van der Waals surface area contributed by atoms with Gasteiger partial charge in [-0.05, 0) is 50.7 Å². The number of hydrogen-bond donors (Lipinski definition) is 0. The van der Waals surface area contributed by atoms with Gasteiger partial charge in [0.1, 0.15) is 0 Å². The normalized spacial score (nSPS) is 13.2. The van der Waals surface area contributed by atoms with Gasteiger partial charge in [0, 0.05) is 5.75 Å². The van der Waals surface area contributed by atoms with Crippen LogP contribution in [0.25, 0.3) is 0 Å². The highest BCUT2D eigenvalue weighted by molar-refractivity contribution is 7.99. The van der Waals surface area contributed by atoms with Crippen LogP contribution in [0.1, 0.15) is 46.0 Å². The van der Waals surface area contributed by atoms with Gasteiger partial charge in [0.25, 0.3) is 0 Å². The Balaban J connectivity index is 3.29. The van der Waals surface area contributed by atoms with Crippen molar-refractivity contribution in [2.24, 2.45) is 5.92 Å². The zero-order valence-electron chi connectivity index (χ0n) is 12.6. The van der Waals surface area contributed by atoms with Gasteiger partial charge in [-0.15, -0.1) is 0 Å². The number of rotatable bonds is 13. The fraction of sp³-hybridized carbons (Fsp3) is 0.647. The summed E-state index contributed by atoms with van der Waals surface area (Å²) in [6, 6.07) is 0. The smallest absolute Gasteiger partial charge is 0.0873 e. The molecule has 0 aliphatic rings. The molecule has 0 aromatic carbocycles. The van der Waals surface area contributed by atoms with Gasteiger partial charge in [-0.3, -0.25) is 0 Å². The van der Waals surface area contributed by atoms with Crippen LogP contribution in [0.5, 0.6) is 0 Å². The van der Waals surface area contributed by atoms with E-state index >= 15 is 0 Å². The first-order valence-electron chi connectivity index (χ1n) is 7.39. The van der Waals surface area contributed by atoms with Gasteiger partial charge < -0.3 is 4.74 Å². The molecule has 0 fully saturated rings. The second kappa shape index (κ2) is 15.4. The maximum Gasteiger partial charge on any atom is 0.0873 e. The SMILES string of the molecule is C=COCCCCSC/C=C/C(C)CCC/C=C\C. The van der Waals surface area contributed by atoms with Crippen molar-refractivity contribution in [3.05, 3.63) is 37.1 Å². The van der Waals surface area contributed by atoms with Crippen LogP contribution >= 0.6 is 11.8 Å².